The predicted octanol–water partition coefficient (Wildman–Crippen LogP) is 3.79. The van der Waals surface area contributed by atoms with Gasteiger partial charge < -0.3 is 0 Å². The van der Waals surface area contributed by atoms with Crippen molar-refractivity contribution >= 4 is 22.3 Å². The number of ether oxygens (including phenoxy) is 1. The number of hydrogen-bond acceptors (Lipinski definition) is 1. The quantitative estimate of drug-likeness (QED) is 0.783. The van der Waals surface area contributed by atoms with Gasteiger partial charge in [0.2, 0.25) is 0 Å². The van der Waals surface area contributed by atoms with Crippen LogP contribution in [-0.4, -0.2) is 13.6 Å². The third kappa shape index (κ3) is 2.11. The standard InChI is InChI=1S/C17H20AsO/c1-3-4-13-18(2)14-9-5-7-11-16(14)19-17-12-8-6-10-15(17)18/h5-12H,3-4,13H2,1-2H3. The van der Waals surface area contributed by atoms with Crippen LogP contribution in [0.15, 0.2) is 48.5 Å². The van der Waals surface area contributed by atoms with Gasteiger partial charge >= 0.3 is 118 Å². The van der Waals surface area contributed by atoms with E-state index >= 15 is 0 Å². The van der Waals surface area contributed by atoms with Gasteiger partial charge in [-0.3, -0.25) is 0 Å². The molecule has 1 aliphatic heterocycles. The Balaban J connectivity index is 2.16. The van der Waals surface area contributed by atoms with Crippen LogP contribution in [0.4, 0.5) is 0 Å². The summed E-state index contributed by atoms with van der Waals surface area (Å²) >= 11 is -2.03. The summed E-state index contributed by atoms with van der Waals surface area (Å²) in [6.07, 6.45) is 2.58. The third-order valence-corrected chi connectivity index (χ3v) is 12.5. The first-order chi connectivity index (χ1) is 9.25. The molecule has 1 aliphatic rings. The van der Waals surface area contributed by atoms with Gasteiger partial charge in [0.15, 0.2) is 0 Å². The van der Waals surface area contributed by atoms with Crippen molar-refractivity contribution in [2.45, 2.75) is 30.7 Å². The van der Waals surface area contributed by atoms with Crippen molar-refractivity contribution in [2.75, 3.05) is 0 Å². The average Bonchev–Trinajstić information content (AvgIpc) is 2.46. The molecule has 0 spiro atoms. The molecule has 0 N–H and O–H groups in total. The number of unbranched alkanes of at least 4 members (excludes halogenated alkanes) is 1. The summed E-state index contributed by atoms with van der Waals surface area (Å²) in [6, 6.07) is 17.3. The van der Waals surface area contributed by atoms with Crippen molar-refractivity contribution in [3.05, 3.63) is 48.5 Å². The van der Waals surface area contributed by atoms with Gasteiger partial charge in [0.25, 0.3) is 0 Å². The molecule has 0 saturated heterocycles. The monoisotopic (exact) mass is 315 g/mol. The minimum atomic E-state index is -2.03. The molecule has 0 bridgehead atoms. The number of benzene rings is 2. The Kier molecular flexibility index (Phi) is 3.41. The Morgan fingerprint density at radius 1 is 0.895 bits per heavy atom. The second kappa shape index (κ2) is 5.06. The van der Waals surface area contributed by atoms with Crippen molar-refractivity contribution in [2.24, 2.45) is 0 Å². The number of rotatable bonds is 3. The minimum absolute atomic E-state index is 1.09. The third-order valence-electron chi connectivity index (χ3n) is 3.97. The number of fused-ring (bicyclic) bond motifs is 2. The van der Waals surface area contributed by atoms with Crippen LogP contribution in [-0.2, 0) is 0 Å². The first-order valence-electron chi connectivity index (χ1n) is 6.98. The van der Waals surface area contributed by atoms with Gasteiger partial charge in [-0.2, -0.15) is 0 Å². The molecule has 19 heavy (non-hydrogen) atoms. The van der Waals surface area contributed by atoms with Crippen molar-refractivity contribution in [3.63, 3.8) is 0 Å². The van der Waals surface area contributed by atoms with Crippen molar-refractivity contribution in [1.82, 2.24) is 0 Å². The molecule has 3 rings (SSSR count). The molecule has 1 heterocycles. The van der Waals surface area contributed by atoms with Crippen LogP contribution < -0.4 is 13.4 Å². The van der Waals surface area contributed by atoms with Crippen LogP contribution in [0.5, 0.6) is 11.5 Å². The van der Waals surface area contributed by atoms with E-state index in [1.54, 1.807) is 0 Å². The molecule has 2 aromatic carbocycles. The topological polar surface area (TPSA) is 9.23 Å². The maximum absolute atomic E-state index is 6.10. The first kappa shape index (κ1) is 12.8. The summed E-state index contributed by atoms with van der Waals surface area (Å²) < 4.78 is 9.08. The normalized spacial score (nSPS) is 15.3. The van der Waals surface area contributed by atoms with Crippen LogP contribution >= 0.6 is 0 Å². The SMILES string of the molecule is CCCC[As]1(C)c2ccccc2Oc2ccccc21. The summed E-state index contributed by atoms with van der Waals surface area (Å²) in [5.74, 6) is 2.18. The summed E-state index contributed by atoms with van der Waals surface area (Å²) in [5, 5.41) is 1.34. The molecule has 0 aliphatic carbocycles. The van der Waals surface area contributed by atoms with Gasteiger partial charge in [0.1, 0.15) is 0 Å². The van der Waals surface area contributed by atoms with Crippen LogP contribution in [0, 0.1) is 0 Å². The molecular weight excluding hydrogens is 295 g/mol. The van der Waals surface area contributed by atoms with Gasteiger partial charge in [-0.05, 0) is 0 Å². The molecular formula is C17H20AsO. The van der Waals surface area contributed by atoms with Gasteiger partial charge in [-0.25, -0.2) is 0 Å². The van der Waals surface area contributed by atoms with Crippen LogP contribution in [0.25, 0.3) is 0 Å². The molecule has 99 valence electrons. The van der Waals surface area contributed by atoms with E-state index in [2.05, 4.69) is 61.2 Å². The molecule has 1 nitrogen and oxygen atoms in total. The van der Waals surface area contributed by atoms with Crippen LogP contribution in [0.3, 0.4) is 0 Å². The molecule has 0 atom stereocenters. The van der Waals surface area contributed by atoms with E-state index in [1.165, 1.54) is 26.8 Å². The van der Waals surface area contributed by atoms with Crippen LogP contribution in [0.2, 0.25) is 10.9 Å². The van der Waals surface area contributed by atoms with E-state index in [4.69, 9.17) is 4.74 Å². The molecule has 0 fully saturated rings. The van der Waals surface area contributed by atoms with E-state index in [-0.39, 0.29) is 0 Å². The first-order valence-corrected chi connectivity index (χ1v) is 12.1. The van der Waals surface area contributed by atoms with Gasteiger partial charge in [0, 0.05) is 0 Å². The fraction of sp³-hybridized carbons (Fsp3) is 0.294. The summed E-state index contributed by atoms with van der Waals surface area (Å²) in [4.78, 5) is 0. The summed E-state index contributed by atoms with van der Waals surface area (Å²) in [5.41, 5.74) is 2.52. The van der Waals surface area contributed by atoms with Crippen molar-refractivity contribution < 1.29 is 4.74 Å². The zero-order chi connectivity index (χ0) is 13.3. The maximum atomic E-state index is 6.10. The molecule has 2 aromatic rings. The summed E-state index contributed by atoms with van der Waals surface area (Å²) in [6.45, 7) is 2.28. The Bertz CT molecular complexity index is 546. The van der Waals surface area contributed by atoms with Crippen molar-refractivity contribution in [1.29, 1.82) is 0 Å². The number of para-hydroxylation sites is 2. The average molecular weight is 315 g/mol. The van der Waals surface area contributed by atoms with Crippen molar-refractivity contribution in [3.8, 4) is 11.5 Å². The van der Waals surface area contributed by atoms with Gasteiger partial charge in [-0.1, -0.05) is 0 Å². The van der Waals surface area contributed by atoms with E-state index < -0.39 is 13.6 Å². The van der Waals surface area contributed by atoms with E-state index in [1.807, 2.05) is 0 Å². The fourth-order valence-corrected chi connectivity index (χ4v) is 10.7. The Labute approximate surface area is 118 Å². The fourth-order valence-electron chi connectivity index (χ4n) is 2.87. The van der Waals surface area contributed by atoms with Crippen LogP contribution in [0.1, 0.15) is 19.8 Å². The Morgan fingerprint density at radius 2 is 1.42 bits per heavy atom. The Hall–Kier alpha value is -1.20. The van der Waals surface area contributed by atoms with E-state index in [9.17, 15) is 0 Å². The summed E-state index contributed by atoms with van der Waals surface area (Å²) in [7, 11) is 0. The molecule has 0 saturated carbocycles. The predicted molar refractivity (Wildman–Crippen MR) is 83.6 cm³/mol. The zero-order valence-electron chi connectivity index (χ0n) is 11.6. The number of hydrogen-bond donors (Lipinski definition) is 0. The second-order valence-electron chi connectivity index (χ2n) is 5.31. The Morgan fingerprint density at radius 3 is 1.95 bits per heavy atom. The molecule has 0 amide bonds. The molecule has 1 radical (unpaired) electrons. The second-order valence-corrected chi connectivity index (χ2v) is 13.3. The van der Waals surface area contributed by atoms with E-state index in [0.717, 1.165) is 11.5 Å². The molecule has 2 heteroatoms. The molecule has 0 aromatic heterocycles. The van der Waals surface area contributed by atoms with E-state index in [0.29, 0.717) is 0 Å². The zero-order valence-corrected chi connectivity index (χ0v) is 13.5. The molecule has 0 unspecified atom stereocenters. The van der Waals surface area contributed by atoms with Gasteiger partial charge in [-0.15, -0.1) is 0 Å². The van der Waals surface area contributed by atoms with Gasteiger partial charge in [0.05, 0.1) is 0 Å².